The molecule has 0 aliphatic rings. The summed E-state index contributed by atoms with van der Waals surface area (Å²) in [5.74, 6) is -0.0234. The fourth-order valence-corrected chi connectivity index (χ4v) is 3.67. The van der Waals surface area contributed by atoms with Crippen molar-refractivity contribution in [3.05, 3.63) is 86.5 Å². The number of hydrogen-bond acceptors (Lipinski definition) is 3. The van der Waals surface area contributed by atoms with E-state index in [1.54, 1.807) is 0 Å². The molecule has 120 valence electrons. The minimum Gasteiger partial charge on any atom is -0.494 e. The summed E-state index contributed by atoms with van der Waals surface area (Å²) in [5.41, 5.74) is 3.47. The predicted octanol–water partition coefficient (Wildman–Crippen LogP) is 3.74. The molecular formula is C19H16N2O2S. The van der Waals surface area contributed by atoms with Crippen molar-refractivity contribution in [2.24, 2.45) is 0 Å². The SMILES string of the molecule is O=c1[nH]c(O)c(Cc2ccc3ccn(Cc4ccccc4)c3c2)s1. The molecule has 4 rings (SSSR count). The first-order valence-electron chi connectivity index (χ1n) is 7.72. The minimum atomic E-state index is -0.226. The summed E-state index contributed by atoms with van der Waals surface area (Å²) in [6.07, 6.45) is 2.63. The van der Waals surface area contributed by atoms with Gasteiger partial charge in [-0.05, 0) is 28.6 Å². The molecule has 4 nitrogen and oxygen atoms in total. The number of aromatic hydroxyl groups is 1. The molecule has 4 aromatic rings. The quantitative estimate of drug-likeness (QED) is 0.596. The number of fused-ring (bicyclic) bond motifs is 1. The molecule has 2 aromatic carbocycles. The lowest BCUT2D eigenvalue weighted by Crippen LogP contribution is -1.98. The van der Waals surface area contributed by atoms with Crippen molar-refractivity contribution in [3.63, 3.8) is 0 Å². The second-order valence-corrected chi connectivity index (χ2v) is 6.85. The van der Waals surface area contributed by atoms with Crippen molar-refractivity contribution in [1.29, 1.82) is 0 Å². The van der Waals surface area contributed by atoms with Crippen LogP contribution in [0.4, 0.5) is 0 Å². The summed E-state index contributed by atoms with van der Waals surface area (Å²) in [7, 11) is 0. The van der Waals surface area contributed by atoms with E-state index in [0.29, 0.717) is 11.3 Å². The first-order chi connectivity index (χ1) is 11.7. The van der Waals surface area contributed by atoms with Crippen LogP contribution in [0.5, 0.6) is 5.88 Å². The van der Waals surface area contributed by atoms with E-state index in [-0.39, 0.29) is 10.8 Å². The van der Waals surface area contributed by atoms with Crippen LogP contribution in [-0.2, 0) is 13.0 Å². The third-order valence-corrected chi connectivity index (χ3v) is 4.97. The number of H-pyrrole nitrogens is 1. The van der Waals surface area contributed by atoms with E-state index in [0.717, 1.165) is 29.0 Å². The van der Waals surface area contributed by atoms with Gasteiger partial charge in [0.1, 0.15) is 0 Å². The fourth-order valence-electron chi connectivity index (χ4n) is 2.91. The largest absolute Gasteiger partial charge is 0.494 e. The molecular weight excluding hydrogens is 320 g/mol. The Labute approximate surface area is 142 Å². The van der Waals surface area contributed by atoms with Crippen molar-refractivity contribution < 1.29 is 5.11 Å². The highest BCUT2D eigenvalue weighted by Gasteiger charge is 2.09. The van der Waals surface area contributed by atoms with Gasteiger partial charge in [0.15, 0.2) is 0 Å². The molecule has 2 aromatic heterocycles. The van der Waals surface area contributed by atoms with Crippen molar-refractivity contribution in [1.82, 2.24) is 9.55 Å². The molecule has 0 radical (unpaired) electrons. The van der Waals surface area contributed by atoms with Crippen LogP contribution in [0.1, 0.15) is 16.0 Å². The number of aromatic nitrogens is 2. The normalized spacial score (nSPS) is 11.2. The molecule has 0 saturated carbocycles. The molecule has 0 atom stereocenters. The number of hydrogen-bond donors (Lipinski definition) is 2. The number of aromatic amines is 1. The van der Waals surface area contributed by atoms with Crippen molar-refractivity contribution in [2.45, 2.75) is 13.0 Å². The highest BCUT2D eigenvalue weighted by molar-refractivity contribution is 7.09. The van der Waals surface area contributed by atoms with Crippen LogP contribution >= 0.6 is 11.3 Å². The van der Waals surface area contributed by atoms with Gasteiger partial charge >= 0.3 is 4.87 Å². The Hall–Kier alpha value is -2.79. The fraction of sp³-hybridized carbons (Fsp3) is 0.105. The Kier molecular flexibility index (Phi) is 3.70. The second kappa shape index (κ2) is 6.02. The van der Waals surface area contributed by atoms with Gasteiger partial charge in [-0.3, -0.25) is 9.78 Å². The maximum atomic E-state index is 11.3. The predicted molar refractivity (Wildman–Crippen MR) is 96.9 cm³/mol. The van der Waals surface area contributed by atoms with Crippen LogP contribution in [-0.4, -0.2) is 14.7 Å². The second-order valence-electron chi connectivity index (χ2n) is 5.79. The highest BCUT2D eigenvalue weighted by Crippen LogP contribution is 2.24. The van der Waals surface area contributed by atoms with Gasteiger partial charge in [-0.15, -0.1) is 0 Å². The van der Waals surface area contributed by atoms with E-state index in [4.69, 9.17) is 0 Å². The van der Waals surface area contributed by atoms with Crippen molar-refractivity contribution in [3.8, 4) is 5.88 Å². The van der Waals surface area contributed by atoms with Crippen LogP contribution in [0.15, 0.2) is 65.6 Å². The van der Waals surface area contributed by atoms with Gasteiger partial charge in [0.05, 0.1) is 4.88 Å². The van der Waals surface area contributed by atoms with Gasteiger partial charge in [0, 0.05) is 24.7 Å². The van der Waals surface area contributed by atoms with E-state index >= 15 is 0 Å². The maximum Gasteiger partial charge on any atom is 0.307 e. The molecule has 0 aliphatic heterocycles. The maximum absolute atomic E-state index is 11.3. The van der Waals surface area contributed by atoms with Gasteiger partial charge in [0.2, 0.25) is 5.88 Å². The van der Waals surface area contributed by atoms with Crippen molar-refractivity contribution >= 4 is 22.2 Å². The summed E-state index contributed by atoms with van der Waals surface area (Å²) in [6.45, 7) is 0.816. The van der Waals surface area contributed by atoms with Gasteiger partial charge in [-0.25, -0.2) is 0 Å². The molecule has 2 N–H and O–H groups in total. The summed E-state index contributed by atoms with van der Waals surface area (Å²) >= 11 is 1.06. The average Bonchev–Trinajstić information content (AvgIpc) is 3.11. The molecule has 0 fully saturated rings. The number of nitrogens with zero attached hydrogens (tertiary/aromatic N) is 1. The van der Waals surface area contributed by atoms with Gasteiger partial charge in [-0.2, -0.15) is 0 Å². The Morgan fingerprint density at radius 3 is 2.62 bits per heavy atom. The third-order valence-electron chi connectivity index (χ3n) is 4.10. The molecule has 0 unspecified atom stereocenters. The monoisotopic (exact) mass is 336 g/mol. The summed E-state index contributed by atoms with van der Waals surface area (Å²) < 4.78 is 2.22. The molecule has 0 bridgehead atoms. The molecule has 2 heterocycles. The molecule has 0 spiro atoms. The zero-order valence-electron chi connectivity index (χ0n) is 12.9. The van der Waals surface area contributed by atoms with E-state index < -0.39 is 0 Å². The van der Waals surface area contributed by atoms with Crippen LogP contribution in [0.3, 0.4) is 0 Å². The number of nitrogens with one attached hydrogen (secondary N) is 1. The smallest absolute Gasteiger partial charge is 0.307 e. The summed E-state index contributed by atoms with van der Waals surface area (Å²) in [4.78, 5) is 14.2. The summed E-state index contributed by atoms with van der Waals surface area (Å²) in [6, 6.07) is 18.7. The number of rotatable bonds is 4. The molecule has 0 aliphatic carbocycles. The van der Waals surface area contributed by atoms with E-state index in [2.05, 4.69) is 46.1 Å². The number of benzene rings is 2. The first kappa shape index (κ1) is 14.8. The Morgan fingerprint density at radius 2 is 1.88 bits per heavy atom. The van der Waals surface area contributed by atoms with Gasteiger partial charge in [0.25, 0.3) is 0 Å². The van der Waals surface area contributed by atoms with E-state index in [1.165, 1.54) is 10.9 Å². The Morgan fingerprint density at radius 1 is 1.04 bits per heavy atom. The zero-order chi connectivity index (χ0) is 16.5. The number of thiazole rings is 1. The summed E-state index contributed by atoms with van der Waals surface area (Å²) in [5, 5.41) is 10.9. The lowest BCUT2D eigenvalue weighted by Gasteiger charge is -2.07. The van der Waals surface area contributed by atoms with E-state index in [9.17, 15) is 9.90 Å². The van der Waals surface area contributed by atoms with Gasteiger partial charge in [-0.1, -0.05) is 53.8 Å². The third kappa shape index (κ3) is 2.86. The van der Waals surface area contributed by atoms with Crippen LogP contribution in [0, 0.1) is 0 Å². The highest BCUT2D eigenvalue weighted by atomic mass is 32.1. The van der Waals surface area contributed by atoms with Crippen molar-refractivity contribution in [2.75, 3.05) is 0 Å². The van der Waals surface area contributed by atoms with Crippen LogP contribution in [0.2, 0.25) is 0 Å². The zero-order valence-corrected chi connectivity index (χ0v) is 13.7. The molecule has 5 heteroatoms. The topological polar surface area (TPSA) is 58.0 Å². The first-order valence-corrected chi connectivity index (χ1v) is 8.53. The van der Waals surface area contributed by atoms with Gasteiger partial charge < -0.3 is 9.67 Å². The Bertz CT molecular complexity index is 1040. The molecule has 24 heavy (non-hydrogen) atoms. The average molecular weight is 336 g/mol. The lowest BCUT2D eigenvalue weighted by atomic mass is 10.1. The molecule has 0 amide bonds. The minimum absolute atomic E-state index is 0.0234. The molecule has 0 saturated heterocycles. The standard InChI is InChI=1S/C19H16N2O2S/c22-18-17(24-19(23)20-18)11-14-6-7-15-8-9-21(16(15)10-14)12-13-4-2-1-3-5-13/h1-10,22H,11-12H2,(H,20,23). The van der Waals surface area contributed by atoms with Crippen LogP contribution < -0.4 is 4.87 Å². The Balaban J connectivity index is 1.68. The lowest BCUT2D eigenvalue weighted by molar-refractivity contribution is 0.451. The van der Waals surface area contributed by atoms with Crippen LogP contribution in [0.25, 0.3) is 10.9 Å². The van der Waals surface area contributed by atoms with E-state index in [1.807, 2.05) is 24.3 Å².